The Labute approximate surface area is 149 Å². The van der Waals surface area contributed by atoms with Crippen LogP contribution in [0.1, 0.15) is 38.3 Å². The Bertz CT molecular complexity index is 571. The summed E-state index contributed by atoms with van der Waals surface area (Å²) in [6.45, 7) is 10.5. The second-order valence-electron chi connectivity index (χ2n) is 7.10. The van der Waals surface area contributed by atoms with E-state index in [1.165, 1.54) is 0 Å². The van der Waals surface area contributed by atoms with Gasteiger partial charge in [0.15, 0.2) is 6.61 Å². The fourth-order valence-electron chi connectivity index (χ4n) is 2.14. The summed E-state index contributed by atoms with van der Waals surface area (Å²) in [5, 5.41) is 6.19. The highest BCUT2D eigenvalue weighted by atomic mass is 35.5. The third kappa shape index (κ3) is 7.68. The molecule has 0 aliphatic rings. The molecular weight excluding hydrogens is 328 g/mol. The third-order valence-electron chi connectivity index (χ3n) is 3.24. The lowest BCUT2D eigenvalue weighted by atomic mass is 9.92. The molecule has 134 valence electrons. The molecule has 0 fully saturated rings. The van der Waals surface area contributed by atoms with Crippen LogP contribution in [-0.2, 0) is 9.59 Å². The number of amides is 2. The predicted molar refractivity (Wildman–Crippen MR) is 96.5 cm³/mol. The van der Waals surface area contributed by atoms with Crippen LogP contribution in [0.4, 0.5) is 0 Å². The van der Waals surface area contributed by atoms with E-state index in [-0.39, 0.29) is 23.8 Å². The fourth-order valence-corrected chi connectivity index (χ4v) is 2.25. The van der Waals surface area contributed by atoms with Crippen molar-refractivity contribution in [1.29, 1.82) is 0 Å². The van der Waals surface area contributed by atoms with Gasteiger partial charge in [0.05, 0.1) is 0 Å². The third-order valence-corrected chi connectivity index (χ3v) is 3.84. The smallest absolute Gasteiger partial charge is 0.258 e. The summed E-state index contributed by atoms with van der Waals surface area (Å²) in [5.74, 6) is 0.369. The van der Waals surface area contributed by atoms with Gasteiger partial charge < -0.3 is 15.4 Å². The first-order valence-corrected chi connectivity index (χ1v) is 8.39. The minimum absolute atomic E-state index is 0.0138. The minimum Gasteiger partial charge on any atom is -0.484 e. The van der Waals surface area contributed by atoms with Gasteiger partial charge in [-0.1, -0.05) is 32.4 Å². The summed E-state index contributed by atoms with van der Waals surface area (Å²) in [7, 11) is 0. The molecule has 6 heteroatoms. The van der Waals surface area contributed by atoms with Crippen molar-refractivity contribution in [2.75, 3.05) is 19.7 Å². The largest absolute Gasteiger partial charge is 0.484 e. The van der Waals surface area contributed by atoms with Crippen LogP contribution in [0.5, 0.6) is 5.75 Å². The van der Waals surface area contributed by atoms with Crippen LogP contribution in [0.2, 0.25) is 5.02 Å². The topological polar surface area (TPSA) is 67.4 Å². The van der Waals surface area contributed by atoms with Crippen LogP contribution in [-0.4, -0.2) is 31.5 Å². The Morgan fingerprint density at radius 1 is 1.04 bits per heavy atom. The molecule has 24 heavy (non-hydrogen) atoms. The number of nitrogens with one attached hydrogen (secondary N) is 2. The number of halogens is 1. The molecule has 0 aromatic heterocycles. The SMILES string of the molecule is Cc1cc(OCC(=O)NCCNC(=O)CC(C)(C)C)cc(C)c1Cl. The zero-order valence-electron chi connectivity index (χ0n) is 15.1. The lowest BCUT2D eigenvalue weighted by Crippen LogP contribution is -2.37. The van der Waals surface area contributed by atoms with E-state index in [1.54, 1.807) is 12.1 Å². The number of benzene rings is 1. The van der Waals surface area contributed by atoms with Gasteiger partial charge in [-0.3, -0.25) is 9.59 Å². The van der Waals surface area contributed by atoms with E-state index in [0.717, 1.165) is 11.1 Å². The standard InChI is InChI=1S/C18H27ClN2O3/c1-12-8-14(9-13(2)17(12)19)24-11-16(23)21-7-6-20-15(22)10-18(3,4)5/h8-9H,6-7,10-11H2,1-5H3,(H,20,22)(H,21,23). The van der Waals surface area contributed by atoms with Gasteiger partial charge in [0.25, 0.3) is 5.91 Å². The Morgan fingerprint density at radius 3 is 2.04 bits per heavy atom. The number of carbonyl (C=O) groups excluding carboxylic acids is 2. The number of hydrogen-bond acceptors (Lipinski definition) is 3. The van der Waals surface area contributed by atoms with Gasteiger partial charge in [0.2, 0.25) is 5.91 Å². The molecule has 0 aliphatic carbocycles. The number of carbonyl (C=O) groups is 2. The van der Waals surface area contributed by atoms with E-state index < -0.39 is 0 Å². The number of hydrogen-bond donors (Lipinski definition) is 2. The van der Waals surface area contributed by atoms with Crippen molar-refractivity contribution in [3.63, 3.8) is 0 Å². The van der Waals surface area contributed by atoms with Crippen LogP contribution < -0.4 is 15.4 Å². The van der Waals surface area contributed by atoms with Crippen LogP contribution in [0.3, 0.4) is 0 Å². The summed E-state index contributed by atoms with van der Waals surface area (Å²) < 4.78 is 5.47. The van der Waals surface area contributed by atoms with Crippen molar-refractivity contribution in [3.05, 3.63) is 28.3 Å². The van der Waals surface area contributed by atoms with Crippen molar-refractivity contribution in [2.45, 2.75) is 41.0 Å². The molecule has 0 saturated carbocycles. The van der Waals surface area contributed by atoms with Crippen molar-refractivity contribution in [1.82, 2.24) is 10.6 Å². The maximum absolute atomic E-state index is 11.8. The molecule has 5 nitrogen and oxygen atoms in total. The Kier molecular flexibility index (Phi) is 7.55. The van der Waals surface area contributed by atoms with E-state index in [0.29, 0.717) is 30.3 Å². The monoisotopic (exact) mass is 354 g/mol. The van der Waals surface area contributed by atoms with Gasteiger partial charge in [-0.2, -0.15) is 0 Å². The molecule has 0 atom stereocenters. The number of rotatable bonds is 7. The van der Waals surface area contributed by atoms with Gasteiger partial charge >= 0.3 is 0 Å². The quantitative estimate of drug-likeness (QED) is 0.740. The van der Waals surface area contributed by atoms with Gasteiger partial charge in [-0.15, -0.1) is 0 Å². The van der Waals surface area contributed by atoms with Crippen molar-refractivity contribution in [2.24, 2.45) is 5.41 Å². The molecule has 0 unspecified atom stereocenters. The van der Waals surface area contributed by atoms with Crippen LogP contribution in [0.15, 0.2) is 12.1 Å². The molecule has 0 heterocycles. The molecular formula is C18H27ClN2O3. The first-order chi connectivity index (χ1) is 11.1. The first kappa shape index (κ1) is 20.3. The Hall–Kier alpha value is -1.75. The van der Waals surface area contributed by atoms with E-state index in [9.17, 15) is 9.59 Å². The molecule has 2 N–H and O–H groups in total. The minimum atomic E-state index is -0.231. The molecule has 1 rings (SSSR count). The highest BCUT2D eigenvalue weighted by Crippen LogP contribution is 2.25. The molecule has 2 amide bonds. The van der Waals surface area contributed by atoms with Gasteiger partial charge in [0, 0.05) is 24.5 Å². The van der Waals surface area contributed by atoms with Gasteiger partial charge in [-0.05, 0) is 42.5 Å². The molecule has 0 aliphatic heterocycles. The van der Waals surface area contributed by atoms with Gasteiger partial charge in [0.1, 0.15) is 5.75 Å². The summed E-state index contributed by atoms with van der Waals surface area (Å²) in [5.41, 5.74) is 1.78. The predicted octanol–water partition coefficient (Wildman–Crippen LogP) is 3.00. The lowest BCUT2D eigenvalue weighted by molar-refractivity contribution is -0.124. The van der Waals surface area contributed by atoms with E-state index in [1.807, 2.05) is 34.6 Å². The molecule has 0 spiro atoms. The molecule has 0 bridgehead atoms. The zero-order chi connectivity index (χ0) is 18.3. The average molecular weight is 355 g/mol. The highest BCUT2D eigenvalue weighted by Gasteiger charge is 2.15. The Balaban J connectivity index is 2.27. The second-order valence-corrected chi connectivity index (χ2v) is 7.48. The van der Waals surface area contributed by atoms with E-state index >= 15 is 0 Å². The average Bonchev–Trinajstić information content (AvgIpc) is 2.45. The lowest BCUT2D eigenvalue weighted by Gasteiger charge is -2.17. The van der Waals surface area contributed by atoms with Crippen LogP contribution >= 0.6 is 11.6 Å². The van der Waals surface area contributed by atoms with Crippen molar-refractivity contribution in [3.8, 4) is 5.75 Å². The second kappa shape index (κ2) is 8.92. The summed E-state index contributed by atoms with van der Waals surface area (Å²) in [4.78, 5) is 23.4. The fraction of sp³-hybridized carbons (Fsp3) is 0.556. The molecule has 0 radical (unpaired) electrons. The van der Waals surface area contributed by atoms with E-state index in [2.05, 4.69) is 10.6 Å². The summed E-state index contributed by atoms with van der Waals surface area (Å²) >= 11 is 6.09. The first-order valence-electron chi connectivity index (χ1n) is 8.01. The highest BCUT2D eigenvalue weighted by molar-refractivity contribution is 6.32. The van der Waals surface area contributed by atoms with Crippen molar-refractivity contribution < 1.29 is 14.3 Å². The molecule has 1 aromatic carbocycles. The summed E-state index contributed by atoms with van der Waals surface area (Å²) in [6, 6.07) is 3.60. The van der Waals surface area contributed by atoms with E-state index in [4.69, 9.17) is 16.3 Å². The maximum Gasteiger partial charge on any atom is 0.258 e. The van der Waals surface area contributed by atoms with Crippen LogP contribution in [0, 0.1) is 19.3 Å². The number of aryl methyl sites for hydroxylation is 2. The van der Waals surface area contributed by atoms with Gasteiger partial charge in [-0.25, -0.2) is 0 Å². The Morgan fingerprint density at radius 2 is 1.54 bits per heavy atom. The maximum atomic E-state index is 11.8. The molecule has 0 saturated heterocycles. The van der Waals surface area contributed by atoms with Crippen LogP contribution in [0.25, 0.3) is 0 Å². The molecule has 1 aromatic rings. The normalized spacial score (nSPS) is 11.1. The zero-order valence-corrected chi connectivity index (χ0v) is 15.8. The number of ether oxygens (including phenoxy) is 1. The van der Waals surface area contributed by atoms with Crippen molar-refractivity contribution >= 4 is 23.4 Å². The summed E-state index contributed by atoms with van der Waals surface area (Å²) in [6.07, 6.45) is 0.458.